The number of nitrogens with one attached hydrogen (secondary N) is 2. The van der Waals surface area contributed by atoms with Crippen LogP contribution in [0.1, 0.15) is 6.92 Å². The van der Waals surface area contributed by atoms with Crippen LogP contribution in [0.5, 0.6) is 0 Å². The molecule has 0 aliphatic carbocycles. The average Bonchev–Trinajstić information content (AvgIpc) is 2.17. The highest BCUT2D eigenvalue weighted by Gasteiger charge is 2.11. The van der Waals surface area contributed by atoms with Gasteiger partial charge in [0, 0.05) is 12.1 Å². The predicted molar refractivity (Wildman–Crippen MR) is 49.5 cm³/mol. The fourth-order valence-corrected chi connectivity index (χ4v) is 0.930. The summed E-state index contributed by atoms with van der Waals surface area (Å²) in [6.07, 6.45) is -0.768. The molecule has 0 aliphatic rings. The van der Waals surface area contributed by atoms with E-state index in [0.29, 0.717) is 5.69 Å². The Kier molecular flexibility index (Phi) is 3.96. The first kappa shape index (κ1) is 11.1. The molecule has 0 aromatic heterocycles. The van der Waals surface area contributed by atoms with Gasteiger partial charge in [0.1, 0.15) is 0 Å². The molecule has 1 rings (SSSR count). The number of para-hydroxylation sites is 1. The largest absolute Gasteiger partial charge is 0.576 e. The lowest BCUT2D eigenvalue weighted by molar-refractivity contribution is -1.52. The number of rotatable bonds is 4. The highest BCUT2D eigenvalue weighted by Crippen LogP contribution is 1.96. The monoisotopic (exact) mass is 199 g/mol. The minimum atomic E-state index is -0.925. The minimum absolute atomic E-state index is 0.304. The molecule has 0 amide bonds. The van der Waals surface area contributed by atoms with E-state index in [4.69, 9.17) is 5.73 Å². The van der Waals surface area contributed by atoms with Gasteiger partial charge in [0.15, 0.2) is 11.9 Å². The molecule has 0 heterocycles. The zero-order valence-electron chi connectivity index (χ0n) is 7.77. The number of hydrogen-bond acceptors (Lipinski definition) is 4. The van der Waals surface area contributed by atoms with Crippen LogP contribution in [0.15, 0.2) is 30.3 Å². The molecule has 4 N–H and O–H groups in total. The van der Waals surface area contributed by atoms with Crippen LogP contribution >= 0.6 is 0 Å². The molecular weight excluding hydrogens is 186 g/mol. The van der Waals surface area contributed by atoms with Crippen molar-refractivity contribution in [1.82, 2.24) is 0 Å². The van der Waals surface area contributed by atoms with Crippen LogP contribution in [0.3, 0.4) is 0 Å². The van der Waals surface area contributed by atoms with Crippen molar-refractivity contribution in [3.05, 3.63) is 40.7 Å². The number of benzene rings is 1. The van der Waals surface area contributed by atoms with Crippen LogP contribution in [0.2, 0.25) is 0 Å². The van der Waals surface area contributed by atoms with Gasteiger partial charge in [-0.2, -0.15) is 5.17 Å². The topological polar surface area (TPSA) is 90.2 Å². The molecule has 6 heteroatoms. The Balaban J connectivity index is 2.61. The molecule has 0 saturated heterocycles. The summed E-state index contributed by atoms with van der Waals surface area (Å²) in [6.45, 7) is 1.48. The van der Waals surface area contributed by atoms with Gasteiger partial charge in [-0.15, -0.1) is 4.84 Å². The third-order valence-corrected chi connectivity index (χ3v) is 1.51. The molecule has 0 radical (unpaired) electrons. The second kappa shape index (κ2) is 5.01. The molecule has 0 fully saturated rings. The Morgan fingerprint density at radius 3 is 2.36 bits per heavy atom. The summed E-state index contributed by atoms with van der Waals surface area (Å²) in [7, 11) is 0. The highest BCUT2D eigenvalue weighted by molar-refractivity contribution is 5.27. The summed E-state index contributed by atoms with van der Waals surface area (Å²) >= 11 is 0. The lowest BCUT2D eigenvalue weighted by Crippen LogP contribution is -3.53. The van der Waals surface area contributed by atoms with Crippen molar-refractivity contribution in [3.8, 4) is 0 Å². The van der Waals surface area contributed by atoms with Crippen LogP contribution in [0.4, 0.5) is 5.69 Å². The fraction of sp³-hybridized carbons (Fsp3) is 0.250. The summed E-state index contributed by atoms with van der Waals surface area (Å²) in [5.74, 6) is 0. The van der Waals surface area contributed by atoms with E-state index in [1.165, 1.54) is 6.92 Å². The number of hydrogen-bond donors (Lipinski definition) is 3. The standard InChI is InChI=1S/C8H13N3O3/c1-7(9)14-11(13)10(12)8-5-3-2-4-6-8/h2-7,10-11H,9H2,1H3. The van der Waals surface area contributed by atoms with Gasteiger partial charge < -0.3 is 16.1 Å². The van der Waals surface area contributed by atoms with Gasteiger partial charge in [-0.3, -0.25) is 0 Å². The maximum atomic E-state index is 11.4. The van der Waals surface area contributed by atoms with Crippen LogP contribution in [-0.4, -0.2) is 6.23 Å². The summed E-state index contributed by atoms with van der Waals surface area (Å²) in [5.41, 5.74) is 5.52. The van der Waals surface area contributed by atoms with E-state index in [2.05, 4.69) is 4.84 Å². The van der Waals surface area contributed by atoms with E-state index in [0.717, 1.165) is 0 Å². The first-order chi connectivity index (χ1) is 6.61. The Morgan fingerprint density at radius 1 is 1.29 bits per heavy atom. The molecule has 0 bridgehead atoms. The molecule has 1 aromatic carbocycles. The lowest BCUT2D eigenvalue weighted by Gasteiger charge is -2.30. The van der Waals surface area contributed by atoms with Crippen molar-refractivity contribution >= 4 is 5.69 Å². The van der Waals surface area contributed by atoms with E-state index in [1.54, 1.807) is 30.3 Å². The van der Waals surface area contributed by atoms with Gasteiger partial charge in [-0.1, -0.05) is 23.5 Å². The third kappa shape index (κ3) is 3.04. The first-order valence-electron chi connectivity index (χ1n) is 4.17. The molecule has 0 saturated carbocycles. The summed E-state index contributed by atoms with van der Waals surface area (Å²) < 4.78 is 0. The molecule has 1 aromatic rings. The van der Waals surface area contributed by atoms with Gasteiger partial charge in [-0.25, -0.2) is 0 Å². The molecule has 3 atom stereocenters. The molecule has 14 heavy (non-hydrogen) atoms. The first-order valence-corrected chi connectivity index (χ1v) is 4.17. The van der Waals surface area contributed by atoms with Crippen molar-refractivity contribution in [2.45, 2.75) is 13.2 Å². The number of nitrogens with two attached hydrogens (primary N) is 1. The van der Waals surface area contributed by atoms with E-state index in [1.807, 2.05) is 0 Å². The van der Waals surface area contributed by atoms with Crippen LogP contribution in [0, 0.1) is 10.4 Å². The Labute approximate surface area is 81.6 Å². The second-order valence-corrected chi connectivity index (χ2v) is 2.81. The molecule has 0 aliphatic heterocycles. The quantitative estimate of drug-likeness (QED) is 0.395. The molecular formula is C8H13N3O3. The molecule has 78 valence electrons. The van der Waals surface area contributed by atoms with Gasteiger partial charge in [0.25, 0.3) is 0 Å². The normalized spacial score (nSPS) is 17.4. The Morgan fingerprint density at radius 2 is 1.86 bits per heavy atom. The number of quaternary nitrogens is 2. The van der Waals surface area contributed by atoms with Crippen molar-refractivity contribution < 1.29 is 15.3 Å². The Bertz CT molecular complexity index is 268. The van der Waals surface area contributed by atoms with Crippen LogP contribution < -0.4 is 16.2 Å². The van der Waals surface area contributed by atoms with Crippen LogP contribution in [0.25, 0.3) is 0 Å². The summed E-state index contributed by atoms with van der Waals surface area (Å²) in [4.78, 5) is 4.56. The molecule has 3 unspecified atom stereocenters. The molecule has 6 nitrogen and oxygen atoms in total. The minimum Gasteiger partial charge on any atom is -0.576 e. The van der Waals surface area contributed by atoms with E-state index in [9.17, 15) is 10.4 Å². The smallest absolute Gasteiger partial charge is 0.182 e. The zero-order valence-corrected chi connectivity index (χ0v) is 7.77. The van der Waals surface area contributed by atoms with E-state index in [-0.39, 0.29) is 0 Å². The van der Waals surface area contributed by atoms with E-state index < -0.39 is 16.7 Å². The zero-order chi connectivity index (χ0) is 10.6. The van der Waals surface area contributed by atoms with Crippen molar-refractivity contribution in [1.29, 1.82) is 0 Å². The van der Waals surface area contributed by atoms with Crippen molar-refractivity contribution in [2.24, 2.45) is 5.73 Å². The maximum absolute atomic E-state index is 11.4. The summed E-state index contributed by atoms with van der Waals surface area (Å²) in [6, 6.07) is 8.20. The van der Waals surface area contributed by atoms with Gasteiger partial charge in [-0.05, 0) is 6.92 Å². The van der Waals surface area contributed by atoms with Crippen molar-refractivity contribution in [3.63, 3.8) is 0 Å². The van der Waals surface area contributed by atoms with Gasteiger partial charge in [0.2, 0.25) is 0 Å². The SMILES string of the molecule is CC(N)O[NH+]([O-])[NH+]([O-])c1ccccc1. The lowest BCUT2D eigenvalue weighted by atomic mass is 10.3. The average molecular weight is 199 g/mol. The molecule has 0 spiro atoms. The van der Waals surface area contributed by atoms with Crippen molar-refractivity contribution in [2.75, 3.05) is 0 Å². The summed E-state index contributed by atoms with van der Waals surface area (Å²) in [5, 5.41) is 20.8. The Hall–Kier alpha value is -1.02. The fourth-order valence-electron chi connectivity index (χ4n) is 0.930. The van der Waals surface area contributed by atoms with E-state index >= 15 is 0 Å². The van der Waals surface area contributed by atoms with Gasteiger partial charge >= 0.3 is 0 Å². The van der Waals surface area contributed by atoms with Crippen LogP contribution in [-0.2, 0) is 4.84 Å². The third-order valence-electron chi connectivity index (χ3n) is 1.51. The van der Waals surface area contributed by atoms with Gasteiger partial charge in [0.05, 0.1) is 0 Å². The maximum Gasteiger partial charge on any atom is 0.182 e. The predicted octanol–water partition coefficient (Wildman–Crippen LogP) is -1.77. The highest BCUT2D eigenvalue weighted by atomic mass is 17.0. The second-order valence-electron chi connectivity index (χ2n) is 2.81.